The first kappa shape index (κ1) is 23.3. The van der Waals surface area contributed by atoms with Gasteiger partial charge < -0.3 is 0 Å². The predicted octanol–water partition coefficient (Wildman–Crippen LogP) is 6.79. The Hall–Kier alpha value is -4.16. The van der Waals surface area contributed by atoms with Gasteiger partial charge in [0.15, 0.2) is 10.8 Å². The van der Waals surface area contributed by atoms with Gasteiger partial charge in [0, 0.05) is 23.6 Å². The summed E-state index contributed by atoms with van der Waals surface area (Å²) in [5.41, 5.74) is 7.05. The zero-order valence-corrected chi connectivity index (χ0v) is 21.5. The lowest BCUT2D eigenvalue weighted by molar-refractivity contribution is -0.110. The molecule has 0 aromatic heterocycles. The molecule has 4 aromatic carbocycles. The topological polar surface area (TPSA) is 48.3 Å². The van der Waals surface area contributed by atoms with Crippen LogP contribution in [-0.4, -0.2) is 16.5 Å². The fraction of sp³-hybridized carbons (Fsp3) is 0.129. The Labute approximate surface area is 221 Å². The maximum absolute atomic E-state index is 12.7. The number of thioether (sulfide) groups is 1. The van der Waals surface area contributed by atoms with Crippen molar-refractivity contribution in [3.05, 3.63) is 131 Å². The van der Waals surface area contributed by atoms with Crippen LogP contribution in [0.4, 0.5) is 11.4 Å². The van der Waals surface area contributed by atoms with Crippen LogP contribution < -0.4 is 10.0 Å². The molecule has 37 heavy (non-hydrogen) atoms. The molecule has 0 saturated carbocycles. The van der Waals surface area contributed by atoms with Gasteiger partial charge in [-0.3, -0.25) is 4.79 Å². The van der Waals surface area contributed by atoms with Crippen LogP contribution in [0.5, 0.6) is 0 Å². The number of ketones is 1. The Kier molecular flexibility index (Phi) is 5.89. The summed E-state index contributed by atoms with van der Waals surface area (Å²) in [5, 5.41) is 14.6. The monoisotopic (exact) mass is 502 g/mol. The summed E-state index contributed by atoms with van der Waals surface area (Å²) >= 11 is 1.44. The van der Waals surface area contributed by atoms with Crippen LogP contribution in [0, 0.1) is 0 Å². The van der Waals surface area contributed by atoms with Crippen molar-refractivity contribution in [1.29, 1.82) is 0 Å². The number of anilines is 2. The number of hydrogen-bond acceptors (Lipinski definition) is 6. The fourth-order valence-corrected chi connectivity index (χ4v) is 6.12. The number of carbonyl (C=O) groups excluding carboxylic acids is 1. The molecule has 0 aliphatic carbocycles. The largest absolute Gasteiger partial charge is 0.292 e. The van der Waals surface area contributed by atoms with Crippen molar-refractivity contribution in [3.63, 3.8) is 0 Å². The first-order chi connectivity index (χ1) is 18.1. The number of hydrazone groups is 2. The third kappa shape index (κ3) is 3.85. The van der Waals surface area contributed by atoms with Crippen LogP contribution in [0.3, 0.4) is 0 Å². The summed E-state index contributed by atoms with van der Waals surface area (Å²) in [6.45, 7) is 3.73. The number of nitrogens with zero attached hydrogens (tertiary/aromatic N) is 4. The molecule has 0 fully saturated rings. The van der Waals surface area contributed by atoms with Crippen LogP contribution in [0.2, 0.25) is 0 Å². The van der Waals surface area contributed by atoms with E-state index in [0.29, 0.717) is 5.04 Å². The number of para-hydroxylation sites is 2. The highest BCUT2D eigenvalue weighted by molar-refractivity contribution is 8.17. The summed E-state index contributed by atoms with van der Waals surface area (Å²) < 4.78 is 0. The summed E-state index contributed by atoms with van der Waals surface area (Å²) in [4.78, 5) is 11.8. The molecule has 0 bridgehead atoms. The number of aryl methyl sites for hydroxylation is 1. The minimum atomic E-state index is -0.923. The van der Waals surface area contributed by atoms with Gasteiger partial charge in [-0.25, -0.2) is 10.0 Å². The lowest BCUT2D eigenvalue weighted by Crippen LogP contribution is -2.54. The van der Waals surface area contributed by atoms with E-state index in [1.165, 1.54) is 17.3 Å². The molecule has 0 unspecified atom stereocenters. The van der Waals surface area contributed by atoms with E-state index in [1.807, 2.05) is 82.8 Å². The van der Waals surface area contributed by atoms with Crippen LogP contribution in [0.1, 0.15) is 36.1 Å². The summed E-state index contributed by atoms with van der Waals surface area (Å²) in [5.74, 6) is -0.0711. The van der Waals surface area contributed by atoms with Crippen molar-refractivity contribution >= 4 is 39.7 Å². The zero-order chi connectivity index (χ0) is 25.4. The molecule has 4 aromatic rings. The molecule has 182 valence electrons. The van der Waals surface area contributed by atoms with Crippen molar-refractivity contribution in [2.75, 3.05) is 10.0 Å². The van der Waals surface area contributed by atoms with Gasteiger partial charge in [0.1, 0.15) is 0 Å². The van der Waals surface area contributed by atoms with E-state index < -0.39 is 4.99 Å². The molecule has 5 nitrogen and oxygen atoms in total. The van der Waals surface area contributed by atoms with Gasteiger partial charge >= 0.3 is 0 Å². The summed E-state index contributed by atoms with van der Waals surface area (Å²) in [6.07, 6.45) is 0.983. The number of benzene rings is 4. The molecule has 6 heteroatoms. The molecular weight excluding hydrogens is 476 g/mol. The highest BCUT2D eigenvalue weighted by Crippen LogP contribution is 2.54. The van der Waals surface area contributed by atoms with Crippen LogP contribution in [0.25, 0.3) is 0 Å². The highest BCUT2D eigenvalue weighted by Gasteiger charge is 2.55. The van der Waals surface area contributed by atoms with E-state index >= 15 is 0 Å². The third-order valence-corrected chi connectivity index (χ3v) is 8.09. The molecular formula is C31H26N4OS. The molecule has 1 atom stereocenters. The standard InChI is InChI=1S/C31H26N4OS/c1-3-23-18-20-24(21-19-23)29-27-16-10-11-17-28(27)31(34(32-29)25-12-6-4-7-13-25)35(26-14-8-5-9-15-26)33-30(37-31)22(2)36/h4-21H,3H2,1-2H3/t31-/m0/s1. The minimum Gasteiger partial charge on any atom is -0.292 e. The Morgan fingerprint density at radius 1 is 0.757 bits per heavy atom. The SMILES string of the molecule is CCc1ccc(C2=NN(c3ccccc3)[C@@]3(SC(C(C)=O)=NN3c3ccccc3)c3ccccc32)cc1. The Bertz CT molecular complexity index is 1520. The lowest BCUT2D eigenvalue weighted by atomic mass is 9.92. The third-order valence-electron chi connectivity index (χ3n) is 6.68. The number of carbonyl (C=O) groups is 1. The number of hydrogen-bond donors (Lipinski definition) is 0. The van der Waals surface area contributed by atoms with Gasteiger partial charge in [0.2, 0.25) is 4.99 Å². The molecule has 2 heterocycles. The maximum Gasteiger partial charge on any atom is 0.234 e. The average molecular weight is 503 g/mol. The maximum atomic E-state index is 12.7. The second-order valence-electron chi connectivity index (χ2n) is 9.01. The zero-order valence-electron chi connectivity index (χ0n) is 20.7. The normalized spacial score (nSPS) is 18.4. The molecule has 6 rings (SSSR count). The van der Waals surface area contributed by atoms with E-state index in [4.69, 9.17) is 10.2 Å². The summed E-state index contributed by atoms with van der Waals surface area (Å²) in [7, 11) is 0. The van der Waals surface area contributed by atoms with Crippen LogP contribution in [0.15, 0.2) is 119 Å². The Morgan fingerprint density at radius 3 is 1.92 bits per heavy atom. The fourth-order valence-electron chi connectivity index (χ4n) is 4.83. The highest BCUT2D eigenvalue weighted by atomic mass is 32.2. The molecule has 0 radical (unpaired) electrons. The van der Waals surface area contributed by atoms with Gasteiger partial charge in [-0.1, -0.05) is 91.9 Å². The lowest BCUT2D eigenvalue weighted by Gasteiger charge is -2.47. The summed E-state index contributed by atoms with van der Waals surface area (Å²) in [6, 6.07) is 37.0. The van der Waals surface area contributed by atoms with Crippen molar-refractivity contribution in [1.82, 2.24) is 0 Å². The van der Waals surface area contributed by atoms with E-state index in [1.54, 1.807) is 6.92 Å². The van der Waals surface area contributed by atoms with Crippen molar-refractivity contribution < 1.29 is 4.79 Å². The molecule has 2 aliphatic heterocycles. The van der Waals surface area contributed by atoms with E-state index in [0.717, 1.165) is 40.2 Å². The first-order valence-corrected chi connectivity index (χ1v) is 13.2. The van der Waals surface area contributed by atoms with Gasteiger partial charge in [-0.05, 0) is 48.0 Å². The molecule has 0 amide bonds. The molecule has 0 saturated heterocycles. The molecule has 2 aliphatic rings. The minimum absolute atomic E-state index is 0.0711. The predicted molar refractivity (Wildman–Crippen MR) is 153 cm³/mol. The van der Waals surface area contributed by atoms with Gasteiger partial charge in [-0.15, -0.1) is 0 Å². The number of rotatable bonds is 5. The Balaban J connectivity index is 1.64. The van der Waals surface area contributed by atoms with Gasteiger partial charge in [0.25, 0.3) is 0 Å². The van der Waals surface area contributed by atoms with Crippen LogP contribution in [-0.2, 0) is 16.2 Å². The van der Waals surface area contributed by atoms with Crippen molar-refractivity contribution in [2.24, 2.45) is 10.2 Å². The van der Waals surface area contributed by atoms with Crippen LogP contribution >= 0.6 is 11.8 Å². The Morgan fingerprint density at radius 2 is 1.32 bits per heavy atom. The second kappa shape index (κ2) is 9.37. The number of fused-ring (bicyclic) bond motifs is 2. The van der Waals surface area contributed by atoms with Gasteiger partial charge in [0.05, 0.1) is 17.1 Å². The van der Waals surface area contributed by atoms with E-state index in [9.17, 15) is 4.79 Å². The van der Waals surface area contributed by atoms with Crippen molar-refractivity contribution in [3.8, 4) is 0 Å². The average Bonchev–Trinajstić information content (AvgIpc) is 3.36. The van der Waals surface area contributed by atoms with E-state index in [-0.39, 0.29) is 5.78 Å². The smallest absolute Gasteiger partial charge is 0.234 e. The van der Waals surface area contributed by atoms with E-state index in [2.05, 4.69) is 43.3 Å². The quantitative estimate of drug-likeness (QED) is 0.302. The molecule has 1 spiro atoms. The number of Topliss-reactive ketones (excluding diaryl/α,β-unsaturated/α-hetero) is 1. The first-order valence-electron chi connectivity index (χ1n) is 12.4. The second-order valence-corrected chi connectivity index (χ2v) is 10.2. The van der Waals surface area contributed by atoms with Crippen molar-refractivity contribution in [2.45, 2.75) is 25.3 Å². The van der Waals surface area contributed by atoms with Gasteiger partial charge in [-0.2, -0.15) is 10.2 Å². The molecule has 0 N–H and O–H groups in total.